The predicted octanol–water partition coefficient (Wildman–Crippen LogP) is 3.13. The Bertz CT molecular complexity index is 160. The Morgan fingerprint density at radius 3 is 2.36 bits per heavy atom. The molecule has 0 radical (unpaired) electrons. The lowest BCUT2D eigenvalue weighted by Gasteiger charge is -2.21. The average Bonchev–Trinajstić information content (AvgIpc) is 1.85. The predicted molar refractivity (Wildman–Crippen MR) is 42.6 cm³/mol. The molecular formula is C7H14FO2P. The van der Waals surface area contributed by atoms with Crippen LogP contribution in [0.25, 0.3) is 0 Å². The topological polar surface area (TPSA) is 26.3 Å². The van der Waals surface area contributed by atoms with E-state index in [-0.39, 0.29) is 6.10 Å². The minimum absolute atomic E-state index is 0.0930. The molecule has 0 spiro atoms. The zero-order chi connectivity index (χ0) is 8.32. The summed E-state index contributed by atoms with van der Waals surface area (Å²) in [4.78, 5) is 0. The van der Waals surface area contributed by atoms with Gasteiger partial charge in [-0.15, -0.1) is 0 Å². The van der Waals surface area contributed by atoms with Crippen molar-refractivity contribution in [2.75, 3.05) is 6.66 Å². The molecule has 1 fully saturated rings. The van der Waals surface area contributed by atoms with Gasteiger partial charge >= 0.3 is 7.68 Å². The van der Waals surface area contributed by atoms with E-state index in [0.717, 1.165) is 32.3 Å². The van der Waals surface area contributed by atoms with Gasteiger partial charge in [0.25, 0.3) is 0 Å². The molecule has 0 aliphatic heterocycles. The summed E-state index contributed by atoms with van der Waals surface area (Å²) in [6.45, 7) is 1.03. The van der Waals surface area contributed by atoms with Gasteiger partial charge in [-0.25, -0.2) is 0 Å². The van der Waals surface area contributed by atoms with Crippen LogP contribution in [0.2, 0.25) is 0 Å². The van der Waals surface area contributed by atoms with E-state index in [0.29, 0.717) is 0 Å². The van der Waals surface area contributed by atoms with E-state index in [2.05, 4.69) is 0 Å². The highest BCUT2D eigenvalue weighted by molar-refractivity contribution is 7.52. The fraction of sp³-hybridized carbons (Fsp3) is 1.00. The Morgan fingerprint density at radius 1 is 1.36 bits per heavy atom. The van der Waals surface area contributed by atoms with Crippen molar-refractivity contribution in [1.29, 1.82) is 0 Å². The van der Waals surface area contributed by atoms with Gasteiger partial charge in [-0.2, -0.15) is 4.20 Å². The SMILES string of the molecule is C[P@@](=O)(F)OC1CCCCC1. The van der Waals surface area contributed by atoms with Crippen LogP contribution in [0.3, 0.4) is 0 Å². The van der Waals surface area contributed by atoms with Crippen LogP contribution >= 0.6 is 7.68 Å². The first-order chi connectivity index (χ1) is 5.08. The van der Waals surface area contributed by atoms with Crippen molar-refractivity contribution in [3.8, 4) is 0 Å². The number of halogens is 1. The molecule has 1 aliphatic carbocycles. The molecule has 0 unspecified atom stereocenters. The minimum Gasteiger partial charge on any atom is -0.302 e. The number of hydrogen-bond acceptors (Lipinski definition) is 2. The third-order valence-corrected chi connectivity index (χ3v) is 2.56. The van der Waals surface area contributed by atoms with Crippen LogP contribution < -0.4 is 0 Å². The monoisotopic (exact) mass is 180 g/mol. The van der Waals surface area contributed by atoms with Crippen LogP contribution in [-0.4, -0.2) is 12.8 Å². The van der Waals surface area contributed by atoms with Crippen LogP contribution in [0.15, 0.2) is 0 Å². The third kappa shape index (κ3) is 3.88. The van der Waals surface area contributed by atoms with Crippen LogP contribution in [-0.2, 0) is 9.09 Å². The standard InChI is InChI=1S/C7H14FO2P/c1-11(8,9)10-7-5-3-2-4-6-7/h7H,2-6H2,1H3/t11-/m0/s1. The molecule has 0 aromatic rings. The summed E-state index contributed by atoms with van der Waals surface area (Å²) in [6.07, 6.45) is 4.98. The number of rotatable bonds is 2. The van der Waals surface area contributed by atoms with E-state index in [1.807, 2.05) is 0 Å². The van der Waals surface area contributed by atoms with Gasteiger partial charge in [0.15, 0.2) is 0 Å². The molecule has 0 aromatic heterocycles. The molecule has 0 amide bonds. The third-order valence-electron chi connectivity index (χ3n) is 1.89. The van der Waals surface area contributed by atoms with Crippen LogP contribution in [0.1, 0.15) is 32.1 Å². The van der Waals surface area contributed by atoms with Crippen molar-refractivity contribution in [1.82, 2.24) is 0 Å². The van der Waals surface area contributed by atoms with Crippen molar-refractivity contribution in [3.63, 3.8) is 0 Å². The largest absolute Gasteiger partial charge is 0.364 e. The molecular weight excluding hydrogens is 166 g/mol. The van der Waals surface area contributed by atoms with E-state index in [4.69, 9.17) is 4.52 Å². The molecule has 0 saturated heterocycles. The normalized spacial score (nSPS) is 26.4. The highest BCUT2D eigenvalue weighted by Gasteiger charge is 2.22. The molecule has 1 saturated carbocycles. The van der Waals surface area contributed by atoms with Crippen LogP contribution in [0.4, 0.5) is 4.20 Å². The van der Waals surface area contributed by atoms with Gasteiger partial charge in [-0.1, -0.05) is 19.3 Å². The Hall–Kier alpha value is 0.120. The molecule has 0 heterocycles. The summed E-state index contributed by atoms with van der Waals surface area (Å²) in [5.74, 6) is 0. The van der Waals surface area contributed by atoms with E-state index in [1.165, 1.54) is 6.42 Å². The first-order valence-corrected chi connectivity index (χ1v) is 6.00. The van der Waals surface area contributed by atoms with Crippen molar-refractivity contribution in [2.24, 2.45) is 0 Å². The van der Waals surface area contributed by atoms with Gasteiger partial charge in [0.05, 0.1) is 6.10 Å². The maximum absolute atomic E-state index is 12.5. The molecule has 0 aromatic carbocycles. The summed E-state index contributed by atoms with van der Waals surface area (Å²) in [7, 11) is -3.73. The van der Waals surface area contributed by atoms with Gasteiger partial charge in [0.2, 0.25) is 0 Å². The molecule has 0 bridgehead atoms. The lowest BCUT2D eigenvalue weighted by Crippen LogP contribution is -2.14. The second-order valence-electron chi connectivity index (χ2n) is 3.11. The Balaban J connectivity index is 2.30. The van der Waals surface area contributed by atoms with E-state index >= 15 is 0 Å². The van der Waals surface area contributed by atoms with Crippen molar-refractivity contribution >= 4 is 7.68 Å². The Morgan fingerprint density at radius 2 is 1.91 bits per heavy atom. The maximum Gasteiger partial charge on any atom is 0.364 e. The second kappa shape index (κ2) is 3.68. The van der Waals surface area contributed by atoms with Crippen LogP contribution in [0, 0.1) is 0 Å². The Kier molecular flexibility index (Phi) is 3.08. The zero-order valence-electron chi connectivity index (χ0n) is 6.75. The van der Waals surface area contributed by atoms with Gasteiger partial charge in [0.1, 0.15) is 0 Å². The minimum atomic E-state index is -3.73. The summed E-state index contributed by atoms with van der Waals surface area (Å²) < 4.78 is 27.9. The summed E-state index contributed by atoms with van der Waals surface area (Å²) >= 11 is 0. The molecule has 1 aliphatic rings. The van der Waals surface area contributed by atoms with Crippen molar-refractivity contribution in [2.45, 2.75) is 38.2 Å². The van der Waals surface area contributed by atoms with E-state index < -0.39 is 7.68 Å². The molecule has 66 valence electrons. The Labute approximate surface area is 66.7 Å². The molecule has 11 heavy (non-hydrogen) atoms. The zero-order valence-corrected chi connectivity index (χ0v) is 7.65. The molecule has 1 atom stereocenters. The summed E-state index contributed by atoms with van der Waals surface area (Å²) in [5.41, 5.74) is 0. The molecule has 2 nitrogen and oxygen atoms in total. The quantitative estimate of drug-likeness (QED) is 0.610. The maximum atomic E-state index is 12.5. The van der Waals surface area contributed by atoms with Gasteiger partial charge in [-0.05, 0) is 12.8 Å². The van der Waals surface area contributed by atoms with Crippen molar-refractivity contribution < 1.29 is 13.3 Å². The van der Waals surface area contributed by atoms with Gasteiger partial charge in [-0.3, -0.25) is 4.57 Å². The first-order valence-electron chi connectivity index (χ1n) is 4.03. The molecule has 1 rings (SSSR count). The fourth-order valence-corrected chi connectivity index (χ4v) is 2.18. The fourth-order valence-electron chi connectivity index (χ4n) is 1.44. The second-order valence-corrected chi connectivity index (χ2v) is 4.82. The number of hydrogen-bond donors (Lipinski definition) is 0. The lowest BCUT2D eigenvalue weighted by atomic mass is 9.98. The van der Waals surface area contributed by atoms with Gasteiger partial charge < -0.3 is 4.52 Å². The van der Waals surface area contributed by atoms with E-state index in [1.54, 1.807) is 0 Å². The first kappa shape index (κ1) is 9.21. The average molecular weight is 180 g/mol. The van der Waals surface area contributed by atoms with Gasteiger partial charge in [0, 0.05) is 6.66 Å². The van der Waals surface area contributed by atoms with E-state index in [9.17, 15) is 8.76 Å². The van der Waals surface area contributed by atoms with Crippen molar-refractivity contribution in [3.05, 3.63) is 0 Å². The highest BCUT2D eigenvalue weighted by Crippen LogP contribution is 2.47. The van der Waals surface area contributed by atoms with Crippen LogP contribution in [0.5, 0.6) is 0 Å². The molecule has 0 N–H and O–H groups in total. The lowest BCUT2D eigenvalue weighted by molar-refractivity contribution is 0.148. The molecule has 4 heteroatoms. The summed E-state index contributed by atoms with van der Waals surface area (Å²) in [6, 6.07) is 0. The smallest absolute Gasteiger partial charge is 0.302 e. The summed E-state index contributed by atoms with van der Waals surface area (Å²) in [5, 5.41) is 0. The highest BCUT2D eigenvalue weighted by atomic mass is 31.2.